The van der Waals surface area contributed by atoms with E-state index in [0.717, 1.165) is 0 Å². The molecule has 0 spiro atoms. The van der Waals surface area contributed by atoms with Gasteiger partial charge in [-0.25, -0.2) is 4.79 Å². The van der Waals surface area contributed by atoms with E-state index in [1.54, 1.807) is 13.8 Å². The standard InChI is InChI=1S/C12H13NO3/c1-5-10(14)11-7(2)9(12(15)16-4)6-13-8(11)3/h1,6,10,14H,2-4H3. The molecule has 1 N–H and O–H groups in total. The minimum absolute atomic E-state index is 0.317. The van der Waals surface area contributed by atoms with E-state index < -0.39 is 12.1 Å². The van der Waals surface area contributed by atoms with E-state index in [1.807, 2.05) is 0 Å². The van der Waals surface area contributed by atoms with Crippen molar-refractivity contribution in [2.75, 3.05) is 7.11 Å². The molecule has 0 saturated heterocycles. The largest absolute Gasteiger partial charge is 0.465 e. The molecule has 1 aromatic rings. The van der Waals surface area contributed by atoms with E-state index in [4.69, 9.17) is 6.42 Å². The first kappa shape index (κ1) is 12.2. The zero-order valence-corrected chi connectivity index (χ0v) is 9.44. The molecule has 0 aliphatic rings. The minimum atomic E-state index is -1.06. The Morgan fingerprint density at radius 2 is 2.25 bits per heavy atom. The lowest BCUT2D eigenvalue weighted by molar-refractivity contribution is 0.0599. The van der Waals surface area contributed by atoms with Gasteiger partial charge in [-0.05, 0) is 19.4 Å². The molecule has 0 amide bonds. The number of carbonyl (C=O) groups excluding carboxylic acids is 1. The van der Waals surface area contributed by atoms with Crippen molar-refractivity contribution in [3.8, 4) is 12.3 Å². The predicted molar refractivity (Wildman–Crippen MR) is 58.8 cm³/mol. The molecule has 84 valence electrons. The van der Waals surface area contributed by atoms with Crippen molar-refractivity contribution in [1.29, 1.82) is 0 Å². The van der Waals surface area contributed by atoms with Crippen LogP contribution in [0, 0.1) is 26.2 Å². The van der Waals surface area contributed by atoms with Crippen LogP contribution in [0.15, 0.2) is 6.20 Å². The summed E-state index contributed by atoms with van der Waals surface area (Å²) in [5, 5.41) is 9.64. The molecule has 1 unspecified atom stereocenters. The smallest absolute Gasteiger partial charge is 0.339 e. The Morgan fingerprint density at radius 3 is 2.75 bits per heavy atom. The van der Waals surface area contributed by atoms with Crippen molar-refractivity contribution in [3.05, 3.63) is 28.6 Å². The second-order valence-electron chi connectivity index (χ2n) is 3.36. The van der Waals surface area contributed by atoms with Crippen LogP contribution in [0.4, 0.5) is 0 Å². The van der Waals surface area contributed by atoms with Gasteiger partial charge in [0.1, 0.15) is 6.10 Å². The molecular weight excluding hydrogens is 206 g/mol. The highest BCUT2D eigenvalue weighted by atomic mass is 16.5. The Hall–Kier alpha value is -1.86. The third kappa shape index (κ3) is 2.05. The monoisotopic (exact) mass is 219 g/mol. The molecule has 1 atom stereocenters. The zero-order valence-electron chi connectivity index (χ0n) is 9.44. The van der Waals surface area contributed by atoms with Crippen molar-refractivity contribution in [2.24, 2.45) is 0 Å². The Labute approximate surface area is 94.3 Å². The van der Waals surface area contributed by atoms with Gasteiger partial charge in [0, 0.05) is 17.5 Å². The van der Waals surface area contributed by atoms with Crippen LogP contribution in [-0.2, 0) is 4.74 Å². The van der Waals surface area contributed by atoms with Crippen molar-refractivity contribution < 1.29 is 14.6 Å². The van der Waals surface area contributed by atoms with E-state index in [9.17, 15) is 9.90 Å². The summed E-state index contributed by atoms with van der Waals surface area (Å²) in [6, 6.07) is 0. The van der Waals surface area contributed by atoms with Gasteiger partial charge in [-0.2, -0.15) is 0 Å². The number of hydrogen-bond donors (Lipinski definition) is 1. The highest BCUT2D eigenvalue weighted by Crippen LogP contribution is 2.23. The maximum Gasteiger partial charge on any atom is 0.339 e. The fraction of sp³-hybridized carbons (Fsp3) is 0.333. The normalized spacial score (nSPS) is 11.7. The van der Waals surface area contributed by atoms with Crippen molar-refractivity contribution in [1.82, 2.24) is 4.98 Å². The van der Waals surface area contributed by atoms with Crippen LogP contribution in [0.3, 0.4) is 0 Å². The molecule has 0 saturated carbocycles. The average Bonchev–Trinajstić information content (AvgIpc) is 2.28. The van der Waals surface area contributed by atoms with Crippen LogP contribution in [-0.4, -0.2) is 23.2 Å². The van der Waals surface area contributed by atoms with Crippen molar-refractivity contribution in [2.45, 2.75) is 20.0 Å². The average molecular weight is 219 g/mol. The summed E-state index contributed by atoms with van der Waals surface area (Å²) in [5.74, 6) is 1.72. The molecule has 0 radical (unpaired) electrons. The van der Waals surface area contributed by atoms with Crippen LogP contribution >= 0.6 is 0 Å². The lowest BCUT2D eigenvalue weighted by Crippen LogP contribution is -2.11. The van der Waals surface area contributed by atoms with Crippen molar-refractivity contribution in [3.63, 3.8) is 0 Å². The van der Waals surface area contributed by atoms with Crippen LogP contribution in [0.5, 0.6) is 0 Å². The van der Waals surface area contributed by atoms with Crippen LogP contribution in [0.25, 0.3) is 0 Å². The molecule has 4 nitrogen and oxygen atoms in total. The number of aliphatic hydroxyl groups is 1. The van der Waals surface area contributed by atoms with Gasteiger partial charge in [-0.1, -0.05) is 5.92 Å². The number of aliphatic hydroxyl groups excluding tert-OH is 1. The molecule has 1 rings (SSSR count). The number of hydrogen-bond acceptors (Lipinski definition) is 4. The lowest BCUT2D eigenvalue weighted by Gasteiger charge is -2.13. The fourth-order valence-electron chi connectivity index (χ4n) is 1.55. The SMILES string of the molecule is C#CC(O)c1c(C)ncc(C(=O)OC)c1C. The van der Waals surface area contributed by atoms with Gasteiger partial charge in [0.05, 0.1) is 12.7 Å². The first-order valence-corrected chi connectivity index (χ1v) is 4.71. The maximum atomic E-state index is 11.4. The molecule has 0 aromatic carbocycles. The predicted octanol–water partition coefficient (Wildman–Crippen LogP) is 1.15. The minimum Gasteiger partial charge on any atom is -0.465 e. The summed E-state index contributed by atoms with van der Waals surface area (Å²) in [6.45, 7) is 3.43. The highest BCUT2D eigenvalue weighted by Gasteiger charge is 2.18. The van der Waals surface area contributed by atoms with Crippen molar-refractivity contribution >= 4 is 5.97 Å². The molecule has 4 heteroatoms. The highest BCUT2D eigenvalue weighted by molar-refractivity contribution is 5.91. The first-order valence-electron chi connectivity index (χ1n) is 4.71. The molecule has 1 aromatic heterocycles. The van der Waals surface area contributed by atoms with Gasteiger partial charge in [-0.3, -0.25) is 4.98 Å². The third-order valence-corrected chi connectivity index (χ3v) is 2.42. The summed E-state index contributed by atoms with van der Waals surface area (Å²) in [4.78, 5) is 15.4. The number of aromatic nitrogens is 1. The number of rotatable bonds is 2. The molecule has 1 heterocycles. The molecule has 0 fully saturated rings. The third-order valence-electron chi connectivity index (χ3n) is 2.42. The van der Waals surface area contributed by atoms with Gasteiger partial charge in [0.2, 0.25) is 0 Å². The Morgan fingerprint density at radius 1 is 1.62 bits per heavy atom. The number of pyridine rings is 1. The second-order valence-corrected chi connectivity index (χ2v) is 3.36. The summed E-state index contributed by atoms with van der Waals surface area (Å²) in [5.41, 5.74) is 2.02. The number of methoxy groups -OCH3 is 1. The molecule has 0 aliphatic heterocycles. The molecule has 0 aliphatic carbocycles. The van der Waals surface area contributed by atoms with Gasteiger partial charge >= 0.3 is 5.97 Å². The van der Waals surface area contributed by atoms with Gasteiger partial charge in [0.25, 0.3) is 0 Å². The van der Waals surface area contributed by atoms with Crippen LogP contribution in [0.2, 0.25) is 0 Å². The Balaban J connectivity index is 3.39. The lowest BCUT2D eigenvalue weighted by atomic mass is 9.99. The fourth-order valence-corrected chi connectivity index (χ4v) is 1.55. The quantitative estimate of drug-likeness (QED) is 0.598. The first-order chi connectivity index (χ1) is 7.52. The number of carbonyl (C=O) groups is 1. The Bertz CT molecular complexity index is 460. The topological polar surface area (TPSA) is 59.4 Å². The molecule has 16 heavy (non-hydrogen) atoms. The number of terminal acetylenes is 1. The maximum absolute atomic E-state index is 11.4. The molecule has 0 bridgehead atoms. The Kier molecular flexibility index (Phi) is 3.64. The summed E-state index contributed by atoms with van der Waals surface area (Å²) >= 11 is 0. The number of esters is 1. The van der Waals surface area contributed by atoms with E-state index >= 15 is 0 Å². The van der Waals surface area contributed by atoms with E-state index in [0.29, 0.717) is 22.4 Å². The van der Waals surface area contributed by atoms with E-state index in [-0.39, 0.29) is 0 Å². The van der Waals surface area contributed by atoms with E-state index in [2.05, 4.69) is 15.6 Å². The molecular formula is C12H13NO3. The number of ether oxygens (including phenoxy) is 1. The number of aryl methyl sites for hydroxylation is 1. The van der Waals surface area contributed by atoms with Gasteiger partial charge < -0.3 is 9.84 Å². The summed E-state index contributed by atoms with van der Waals surface area (Å²) in [7, 11) is 1.29. The summed E-state index contributed by atoms with van der Waals surface area (Å²) in [6.07, 6.45) is 5.52. The van der Waals surface area contributed by atoms with Crippen LogP contribution < -0.4 is 0 Å². The van der Waals surface area contributed by atoms with Gasteiger partial charge in [0.15, 0.2) is 0 Å². The number of nitrogens with zero attached hydrogens (tertiary/aromatic N) is 1. The van der Waals surface area contributed by atoms with Crippen LogP contribution in [0.1, 0.15) is 33.3 Å². The van der Waals surface area contributed by atoms with E-state index in [1.165, 1.54) is 13.3 Å². The van der Waals surface area contributed by atoms with Gasteiger partial charge in [-0.15, -0.1) is 6.42 Å². The second kappa shape index (κ2) is 4.77. The summed E-state index contributed by atoms with van der Waals surface area (Å²) < 4.78 is 4.61. The zero-order chi connectivity index (χ0) is 12.3.